The number of halogens is 5. The van der Waals surface area contributed by atoms with Gasteiger partial charge in [0.05, 0.1) is 11.6 Å². The zero-order valence-electron chi connectivity index (χ0n) is 10.9. The predicted molar refractivity (Wildman–Crippen MR) is 75.9 cm³/mol. The molecule has 0 radical (unpaired) electrons. The van der Waals surface area contributed by atoms with E-state index in [0.717, 1.165) is 12.1 Å². The van der Waals surface area contributed by atoms with E-state index in [4.69, 9.17) is 34.2 Å². The summed E-state index contributed by atoms with van der Waals surface area (Å²) in [5.74, 6) is 0. The van der Waals surface area contributed by atoms with Crippen LogP contribution in [0.4, 0.5) is 13.2 Å². The molecule has 0 aromatic heterocycles. The monoisotopic (exact) mass is 337 g/mol. The first-order valence-corrected chi connectivity index (χ1v) is 6.52. The van der Waals surface area contributed by atoms with Gasteiger partial charge in [0.15, 0.2) is 0 Å². The molecule has 1 atom stereocenters. The van der Waals surface area contributed by atoms with Crippen molar-refractivity contribution in [1.82, 2.24) is 5.32 Å². The molecule has 0 heterocycles. The van der Waals surface area contributed by atoms with Gasteiger partial charge in [0.1, 0.15) is 6.04 Å². The summed E-state index contributed by atoms with van der Waals surface area (Å²) in [5.41, 5.74) is 5.39. The first-order chi connectivity index (χ1) is 9.68. The van der Waals surface area contributed by atoms with Gasteiger partial charge in [-0.25, -0.2) is 0 Å². The first-order valence-electron chi connectivity index (χ1n) is 5.77. The van der Waals surface area contributed by atoms with Crippen LogP contribution in [0.15, 0.2) is 23.9 Å². The van der Waals surface area contributed by atoms with Gasteiger partial charge in [-0.2, -0.15) is 18.4 Å². The van der Waals surface area contributed by atoms with Gasteiger partial charge in [-0.15, -0.1) is 0 Å². The van der Waals surface area contributed by atoms with Crippen LogP contribution in [-0.2, 0) is 12.6 Å². The fourth-order valence-corrected chi connectivity index (χ4v) is 2.22. The average Bonchev–Trinajstić information content (AvgIpc) is 2.38. The summed E-state index contributed by atoms with van der Waals surface area (Å²) in [6.07, 6.45) is -3.02. The van der Waals surface area contributed by atoms with Gasteiger partial charge in [-0.3, -0.25) is 0 Å². The number of nitrogens with zero attached hydrogens (tertiary/aromatic N) is 1. The van der Waals surface area contributed by atoms with Crippen LogP contribution in [0.3, 0.4) is 0 Å². The summed E-state index contributed by atoms with van der Waals surface area (Å²) in [4.78, 5) is 0. The number of rotatable bonds is 4. The Bertz CT molecular complexity index is 568. The van der Waals surface area contributed by atoms with E-state index in [-0.39, 0.29) is 27.7 Å². The molecule has 0 aliphatic rings. The molecule has 0 saturated heterocycles. The van der Waals surface area contributed by atoms with Crippen LogP contribution in [0, 0.1) is 11.3 Å². The van der Waals surface area contributed by atoms with Crippen LogP contribution in [0.25, 0.3) is 0 Å². The van der Waals surface area contributed by atoms with Crippen LogP contribution in [0.2, 0.25) is 10.0 Å². The summed E-state index contributed by atoms with van der Waals surface area (Å²) >= 11 is 11.7. The number of nitrogens with one attached hydrogen (secondary N) is 1. The second-order valence-corrected chi connectivity index (χ2v) is 5.04. The third-order valence-electron chi connectivity index (χ3n) is 2.68. The topological polar surface area (TPSA) is 61.8 Å². The van der Waals surface area contributed by atoms with E-state index in [2.05, 4.69) is 5.32 Å². The number of benzene rings is 1. The van der Waals surface area contributed by atoms with E-state index in [1.165, 1.54) is 6.08 Å². The minimum Gasteiger partial charge on any atom is -0.402 e. The maximum Gasteiger partial charge on any atom is 0.416 e. The second kappa shape index (κ2) is 7.03. The van der Waals surface area contributed by atoms with Gasteiger partial charge in [0.2, 0.25) is 0 Å². The highest BCUT2D eigenvalue weighted by Gasteiger charge is 2.31. The molecule has 1 aromatic rings. The molecule has 0 bridgehead atoms. The molecule has 8 heteroatoms. The lowest BCUT2D eigenvalue weighted by molar-refractivity contribution is -0.137. The third kappa shape index (κ3) is 4.81. The lowest BCUT2D eigenvalue weighted by atomic mass is 10.1. The molecule has 1 rings (SSSR count). The van der Waals surface area contributed by atoms with E-state index in [0.29, 0.717) is 0 Å². The Labute approximate surface area is 130 Å². The average molecular weight is 338 g/mol. The molecular formula is C13H12Cl2F3N3. The van der Waals surface area contributed by atoms with Crippen molar-refractivity contribution < 1.29 is 13.2 Å². The molecule has 1 aromatic carbocycles. The Hall–Kier alpha value is -1.42. The summed E-state index contributed by atoms with van der Waals surface area (Å²) in [6, 6.07) is 2.95. The number of alkyl halides is 3. The zero-order valence-corrected chi connectivity index (χ0v) is 12.4. The molecule has 0 aliphatic heterocycles. The van der Waals surface area contributed by atoms with Crippen molar-refractivity contribution in [3.63, 3.8) is 0 Å². The lowest BCUT2D eigenvalue weighted by Crippen LogP contribution is -2.22. The molecule has 0 fully saturated rings. The molecule has 0 amide bonds. The number of nitrogens with two attached hydrogens (primary N) is 1. The molecule has 0 aliphatic carbocycles. The van der Waals surface area contributed by atoms with Gasteiger partial charge in [0.25, 0.3) is 0 Å². The fraction of sp³-hybridized carbons (Fsp3) is 0.308. The van der Waals surface area contributed by atoms with Gasteiger partial charge >= 0.3 is 6.18 Å². The smallest absolute Gasteiger partial charge is 0.402 e. The Balaban J connectivity index is 3.09. The van der Waals surface area contributed by atoms with Crippen molar-refractivity contribution in [2.45, 2.75) is 18.6 Å². The standard InChI is InChI=1S/C13H12Cl2F3N3/c1-21-9(6-19)4-8(20)5-10-11(14)2-7(3-12(10)15)13(16,17)18/h2-4,9,21H,5,20H2,1H3/b8-4+. The highest BCUT2D eigenvalue weighted by atomic mass is 35.5. The molecule has 21 heavy (non-hydrogen) atoms. The maximum atomic E-state index is 12.6. The Kier molecular flexibility index (Phi) is 5.90. The van der Waals surface area contributed by atoms with Gasteiger partial charge < -0.3 is 11.1 Å². The van der Waals surface area contributed by atoms with Crippen molar-refractivity contribution in [1.29, 1.82) is 5.26 Å². The van der Waals surface area contributed by atoms with E-state index < -0.39 is 17.8 Å². The third-order valence-corrected chi connectivity index (χ3v) is 3.35. The first kappa shape index (κ1) is 17.6. The highest BCUT2D eigenvalue weighted by molar-refractivity contribution is 6.36. The van der Waals surface area contributed by atoms with Crippen LogP contribution < -0.4 is 11.1 Å². The minimum absolute atomic E-state index is 0.0513. The quantitative estimate of drug-likeness (QED) is 0.883. The Morgan fingerprint density at radius 3 is 2.33 bits per heavy atom. The van der Waals surface area contributed by atoms with Gasteiger partial charge in [-0.1, -0.05) is 23.2 Å². The van der Waals surface area contributed by atoms with Crippen molar-refractivity contribution in [2.75, 3.05) is 7.05 Å². The van der Waals surface area contributed by atoms with Crippen molar-refractivity contribution >= 4 is 23.2 Å². The molecule has 0 spiro atoms. The SMILES string of the molecule is CNC(C#N)/C=C(/N)Cc1c(Cl)cc(C(F)(F)F)cc1Cl. The van der Waals surface area contributed by atoms with Crippen LogP contribution in [-0.4, -0.2) is 13.1 Å². The van der Waals surface area contributed by atoms with E-state index in [1.807, 2.05) is 6.07 Å². The minimum atomic E-state index is -4.52. The Morgan fingerprint density at radius 1 is 1.43 bits per heavy atom. The van der Waals surface area contributed by atoms with Crippen LogP contribution >= 0.6 is 23.2 Å². The number of hydrogen-bond donors (Lipinski definition) is 2. The molecule has 3 nitrogen and oxygen atoms in total. The molecule has 3 N–H and O–H groups in total. The van der Waals surface area contributed by atoms with E-state index in [1.54, 1.807) is 7.05 Å². The number of allylic oxidation sites excluding steroid dienone is 1. The fourth-order valence-electron chi connectivity index (χ4n) is 1.60. The number of hydrogen-bond acceptors (Lipinski definition) is 3. The normalized spacial score (nSPS) is 13.9. The predicted octanol–water partition coefficient (Wildman–Crippen LogP) is 3.51. The summed E-state index contributed by atoms with van der Waals surface area (Å²) in [5, 5.41) is 11.2. The molecule has 0 saturated carbocycles. The second-order valence-electron chi connectivity index (χ2n) is 4.23. The summed E-state index contributed by atoms with van der Waals surface area (Å²) < 4.78 is 37.8. The largest absolute Gasteiger partial charge is 0.416 e. The summed E-state index contributed by atoms with van der Waals surface area (Å²) in [7, 11) is 1.58. The van der Waals surface area contributed by atoms with E-state index >= 15 is 0 Å². The molecule has 114 valence electrons. The van der Waals surface area contributed by atoms with Crippen molar-refractivity contribution in [3.05, 3.63) is 45.1 Å². The summed E-state index contributed by atoms with van der Waals surface area (Å²) in [6.45, 7) is 0. The van der Waals surface area contributed by atoms with E-state index in [9.17, 15) is 13.2 Å². The Morgan fingerprint density at radius 2 is 1.95 bits per heavy atom. The van der Waals surface area contributed by atoms with Crippen molar-refractivity contribution in [3.8, 4) is 6.07 Å². The molecule has 1 unspecified atom stereocenters. The van der Waals surface area contributed by atoms with Gasteiger partial charge in [-0.05, 0) is 30.8 Å². The maximum absolute atomic E-state index is 12.6. The number of likely N-dealkylation sites (N-methyl/N-ethyl adjacent to an activating group) is 1. The van der Waals surface area contributed by atoms with Crippen molar-refractivity contribution in [2.24, 2.45) is 5.73 Å². The lowest BCUT2D eigenvalue weighted by Gasteiger charge is -2.13. The number of nitriles is 1. The van der Waals surface area contributed by atoms with Gasteiger partial charge in [0, 0.05) is 22.2 Å². The zero-order chi connectivity index (χ0) is 16.2. The highest BCUT2D eigenvalue weighted by Crippen LogP contribution is 2.36. The molecular weight excluding hydrogens is 326 g/mol. The van der Waals surface area contributed by atoms with Crippen LogP contribution in [0.1, 0.15) is 11.1 Å². The van der Waals surface area contributed by atoms with Crippen LogP contribution in [0.5, 0.6) is 0 Å².